The second-order valence-electron chi connectivity index (χ2n) is 5.06. The third kappa shape index (κ3) is 2.41. The van der Waals surface area contributed by atoms with Gasteiger partial charge in [0.05, 0.1) is 18.6 Å². The minimum absolute atomic E-state index is 0.167. The molecule has 82 valence electrons. The molecule has 1 heterocycles. The van der Waals surface area contributed by atoms with Gasteiger partial charge >= 0.3 is 0 Å². The quantitative estimate of drug-likeness (QED) is 0.732. The van der Waals surface area contributed by atoms with Gasteiger partial charge in [-0.05, 0) is 18.3 Å². The monoisotopic (exact) mass is 217 g/mol. The Morgan fingerprint density at radius 1 is 1.36 bits per heavy atom. The molecule has 0 bridgehead atoms. The highest BCUT2D eigenvalue weighted by Gasteiger charge is 2.32. The summed E-state index contributed by atoms with van der Waals surface area (Å²) in [6.07, 6.45) is 5.51. The van der Waals surface area contributed by atoms with Crippen molar-refractivity contribution in [1.29, 1.82) is 0 Å². The van der Waals surface area contributed by atoms with E-state index in [1.165, 1.54) is 25.7 Å². The van der Waals surface area contributed by atoms with Crippen LogP contribution in [0.15, 0.2) is 0 Å². The zero-order chi connectivity index (χ0) is 10.0. The standard InChI is InChI=1S/C11H20ClNO/c1-11(4-2-3-5-11)8-13-10-7-14-6-9(10)12/h9-10,13H,2-8H2,1H3. The Balaban J connectivity index is 1.75. The smallest absolute Gasteiger partial charge is 0.0745 e. The molecule has 1 aliphatic heterocycles. The van der Waals surface area contributed by atoms with E-state index in [-0.39, 0.29) is 5.38 Å². The van der Waals surface area contributed by atoms with E-state index in [2.05, 4.69) is 12.2 Å². The lowest BCUT2D eigenvalue weighted by Gasteiger charge is -2.26. The Hall–Kier alpha value is 0.210. The molecule has 3 heteroatoms. The first kappa shape index (κ1) is 10.7. The summed E-state index contributed by atoms with van der Waals surface area (Å²) >= 11 is 6.12. The maximum absolute atomic E-state index is 6.12. The van der Waals surface area contributed by atoms with Crippen LogP contribution in [0.25, 0.3) is 0 Å². The highest BCUT2D eigenvalue weighted by Crippen LogP contribution is 2.36. The molecule has 1 saturated carbocycles. The van der Waals surface area contributed by atoms with E-state index in [0.29, 0.717) is 18.1 Å². The lowest BCUT2D eigenvalue weighted by atomic mass is 9.88. The van der Waals surface area contributed by atoms with Crippen LogP contribution in [0, 0.1) is 5.41 Å². The van der Waals surface area contributed by atoms with Gasteiger partial charge in [-0.2, -0.15) is 0 Å². The second kappa shape index (κ2) is 4.38. The highest BCUT2D eigenvalue weighted by molar-refractivity contribution is 6.21. The fourth-order valence-corrected chi connectivity index (χ4v) is 2.75. The van der Waals surface area contributed by atoms with Crippen LogP contribution in [0.1, 0.15) is 32.6 Å². The average Bonchev–Trinajstić information content (AvgIpc) is 2.73. The zero-order valence-corrected chi connectivity index (χ0v) is 9.65. The summed E-state index contributed by atoms with van der Waals surface area (Å²) in [5.41, 5.74) is 0.513. The molecule has 14 heavy (non-hydrogen) atoms. The van der Waals surface area contributed by atoms with E-state index in [0.717, 1.165) is 13.2 Å². The van der Waals surface area contributed by atoms with Crippen LogP contribution in [0.5, 0.6) is 0 Å². The molecule has 2 rings (SSSR count). The topological polar surface area (TPSA) is 21.3 Å². The van der Waals surface area contributed by atoms with Crippen molar-refractivity contribution in [3.63, 3.8) is 0 Å². The van der Waals surface area contributed by atoms with Gasteiger partial charge in [-0.25, -0.2) is 0 Å². The van der Waals surface area contributed by atoms with Crippen molar-refractivity contribution < 1.29 is 4.74 Å². The van der Waals surface area contributed by atoms with Crippen molar-refractivity contribution >= 4 is 11.6 Å². The third-order valence-electron chi connectivity index (χ3n) is 3.61. The van der Waals surface area contributed by atoms with E-state index >= 15 is 0 Å². The van der Waals surface area contributed by atoms with E-state index in [9.17, 15) is 0 Å². The van der Waals surface area contributed by atoms with E-state index < -0.39 is 0 Å². The lowest BCUT2D eigenvalue weighted by molar-refractivity contribution is 0.186. The van der Waals surface area contributed by atoms with Gasteiger partial charge in [-0.1, -0.05) is 19.8 Å². The van der Waals surface area contributed by atoms with Gasteiger partial charge in [0.1, 0.15) is 0 Å². The van der Waals surface area contributed by atoms with Crippen molar-refractivity contribution in [2.45, 2.75) is 44.0 Å². The molecular formula is C11H20ClNO. The molecule has 1 saturated heterocycles. The van der Waals surface area contributed by atoms with Crippen molar-refractivity contribution in [2.75, 3.05) is 19.8 Å². The molecule has 2 unspecified atom stereocenters. The van der Waals surface area contributed by atoms with Gasteiger partial charge < -0.3 is 10.1 Å². The summed E-state index contributed by atoms with van der Waals surface area (Å²) in [5, 5.41) is 3.72. The Kier molecular flexibility index (Phi) is 3.35. The number of ether oxygens (including phenoxy) is 1. The summed E-state index contributed by atoms with van der Waals surface area (Å²) in [6.45, 7) is 4.97. The third-order valence-corrected chi connectivity index (χ3v) is 4.04. The molecule has 2 nitrogen and oxygen atoms in total. The molecule has 1 aliphatic carbocycles. The van der Waals surface area contributed by atoms with Crippen LogP contribution < -0.4 is 5.32 Å². The predicted molar refractivity (Wildman–Crippen MR) is 58.8 cm³/mol. The van der Waals surface area contributed by atoms with E-state index in [4.69, 9.17) is 16.3 Å². The predicted octanol–water partition coefficient (Wildman–Crippen LogP) is 2.16. The molecule has 2 atom stereocenters. The van der Waals surface area contributed by atoms with Gasteiger partial charge in [-0.3, -0.25) is 0 Å². The molecule has 2 aliphatic rings. The number of hydrogen-bond donors (Lipinski definition) is 1. The molecule has 0 amide bonds. The first-order valence-corrected chi connectivity index (χ1v) is 6.08. The first-order valence-electron chi connectivity index (χ1n) is 5.65. The molecule has 0 aromatic carbocycles. The van der Waals surface area contributed by atoms with Crippen LogP contribution in [-0.2, 0) is 4.74 Å². The van der Waals surface area contributed by atoms with Gasteiger partial charge in [0.15, 0.2) is 0 Å². The minimum atomic E-state index is 0.167. The number of hydrogen-bond acceptors (Lipinski definition) is 2. The van der Waals surface area contributed by atoms with Crippen LogP contribution in [0.4, 0.5) is 0 Å². The van der Waals surface area contributed by atoms with Crippen molar-refractivity contribution in [1.82, 2.24) is 5.32 Å². The number of alkyl halides is 1. The summed E-state index contributed by atoms with van der Waals surface area (Å²) in [7, 11) is 0. The molecule has 2 fully saturated rings. The Labute approximate surface area is 91.3 Å². The summed E-state index contributed by atoms with van der Waals surface area (Å²) in [6, 6.07) is 0.370. The van der Waals surface area contributed by atoms with Crippen molar-refractivity contribution in [2.24, 2.45) is 5.41 Å². The summed E-state index contributed by atoms with van der Waals surface area (Å²) in [4.78, 5) is 0. The van der Waals surface area contributed by atoms with Gasteiger partial charge in [-0.15, -0.1) is 11.6 Å². The van der Waals surface area contributed by atoms with Crippen LogP contribution in [0.2, 0.25) is 0 Å². The fourth-order valence-electron chi connectivity index (χ4n) is 2.50. The normalized spacial score (nSPS) is 36.4. The highest BCUT2D eigenvalue weighted by atomic mass is 35.5. The Bertz CT molecular complexity index is 192. The fraction of sp³-hybridized carbons (Fsp3) is 1.00. The van der Waals surface area contributed by atoms with Gasteiger partial charge in [0.25, 0.3) is 0 Å². The van der Waals surface area contributed by atoms with Crippen LogP contribution in [-0.4, -0.2) is 31.2 Å². The minimum Gasteiger partial charge on any atom is -0.378 e. The number of rotatable bonds is 3. The van der Waals surface area contributed by atoms with Gasteiger partial charge in [0.2, 0.25) is 0 Å². The van der Waals surface area contributed by atoms with Gasteiger partial charge in [0, 0.05) is 12.6 Å². The molecule has 0 spiro atoms. The van der Waals surface area contributed by atoms with Crippen molar-refractivity contribution in [3.8, 4) is 0 Å². The van der Waals surface area contributed by atoms with Crippen LogP contribution >= 0.6 is 11.6 Å². The lowest BCUT2D eigenvalue weighted by Crippen LogP contribution is -2.41. The van der Waals surface area contributed by atoms with Crippen LogP contribution in [0.3, 0.4) is 0 Å². The Morgan fingerprint density at radius 3 is 2.64 bits per heavy atom. The number of nitrogens with one attached hydrogen (secondary N) is 1. The Morgan fingerprint density at radius 2 is 2.07 bits per heavy atom. The average molecular weight is 218 g/mol. The van der Waals surface area contributed by atoms with Crippen molar-refractivity contribution in [3.05, 3.63) is 0 Å². The molecular weight excluding hydrogens is 198 g/mol. The molecule has 1 N–H and O–H groups in total. The number of halogens is 1. The van der Waals surface area contributed by atoms with E-state index in [1.54, 1.807) is 0 Å². The SMILES string of the molecule is CC1(CNC2COCC2Cl)CCCC1. The maximum atomic E-state index is 6.12. The molecule has 0 radical (unpaired) electrons. The second-order valence-corrected chi connectivity index (χ2v) is 5.62. The molecule has 0 aromatic rings. The zero-order valence-electron chi connectivity index (χ0n) is 8.89. The largest absolute Gasteiger partial charge is 0.378 e. The molecule has 0 aromatic heterocycles. The maximum Gasteiger partial charge on any atom is 0.0745 e. The summed E-state index contributed by atoms with van der Waals surface area (Å²) < 4.78 is 5.32. The van der Waals surface area contributed by atoms with E-state index in [1.807, 2.05) is 0 Å². The summed E-state index contributed by atoms with van der Waals surface area (Å²) in [5.74, 6) is 0. The first-order chi connectivity index (χ1) is 6.70.